The van der Waals surface area contributed by atoms with Crippen molar-refractivity contribution in [3.05, 3.63) is 39.9 Å². The second-order valence-corrected chi connectivity index (χ2v) is 3.50. The lowest BCUT2D eigenvalue weighted by molar-refractivity contribution is -0.134. The van der Waals surface area contributed by atoms with Crippen LogP contribution in [0.5, 0.6) is 0 Å². The van der Waals surface area contributed by atoms with Crippen LogP contribution in [0.25, 0.3) is 6.08 Å². The molecule has 0 amide bonds. The predicted octanol–water partition coefficient (Wildman–Crippen LogP) is 2.91. The summed E-state index contributed by atoms with van der Waals surface area (Å²) in [5.74, 6) is -1.85. The van der Waals surface area contributed by atoms with Gasteiger partial charge in [-0.1, -0.05) is 0 Å². The highest BCUT2D eigenvalue weighted by Crippen LogP contribution is 2.20. The van der Waals surface area contributed by atoms with Crippen LogP contribution in [-0.4, -0.2) is 13.1 Å². The molecule has 1 rings (SSSR count). The van der Waals surface area contributed by atoms with E-state index >= 15 is 0 Å². The fourth-order valence-electron chi connectivity index (χ4n) is 0.892. The molecule has 0 aliphatic rings. The fourth-order valence-corrected chi connectivity index (χ4v) is 1.21. The molecule has 0 saturated carbocycles. The topological polar surface area (TPSA) is 26.3 Å². The Kier molecular flexibility index (Phi) is 3.96. The van der Waals surface area contributed by atoms with E-state index in [1.807, 2.05) is 0 Å². The molecule has 0 saturated heterocycles. The number of carbonyl (C=O) groups is 1. The van der Waals surface area contributed by atoms with Crippen molar-refractivity contribution in [2.75, 3.05) is 7.11 Å². The highest BCUT2D eigenvalue weighted by atomic mass is 79.9. The number of ether oxygens (including phenoxy) is 1. The number of rotatable bonds is 2. The maximum atomic E-state index is 13.2. The smallest absolute Gasteiger partial charge is 0.330 e. The molecule has 5 heteroatoms. The minimum absolute atomic E-state index is 0.0129. The molecule has 80 valence electrons. The Morgan fingerprint density at radius 2 is 2.07 bits per heavy atom. The van der Waals surface area contributed by atoms with Gasteiger partial charge in [0, 0.05) is 11.6 Å². The summed E-state index contributed by atoms with van der Waals surface area (Å²) < 4.78 is 30.5. The van der Waals surface area contributed by atoms with E-state index in [2.05, 4.69) is 20.7 Å². The summed E-state index contributed by atoms with van der Waals surface area (Å²) in [5, 5.41) is 0. The van der Waals surface area contributed by atoms with Gasteiger partial charge in [0.05, 0.1) is 11.6 Å². The fraction of sp³-hybridized carbons (Fsp3) is 0.100. The van der Waals surface area contributed by atoms with Gasteiger partial charge in [-0.2, -0.15) is 0 Å². The van der Waals surface area contributed by atoms with Crippen molar-refractivity contribution in [1.29, 1.82) is 0 Å². The quantitative estimate of drug-likeness (QED) is 0.472. The van der Waals surface area contributed by atoms with Gasteiger partial charge < -0.3 is 4.74 Å². The summed E-state index contributed by atoms with van der Waals surface area (Å²) in [6.07, 6.45) is 2.17. The third kappa shape index (κ3) is 3.13. The Labute approximate surface area is 93.7 Å². The van der Waals surface area contributed by atoms with E-state index in [4.69, 9.17) is 0 Å². The van der Waals surface area contributed by atoms with Crippen LogP contribution >= 0.6 is 15.9 Å². The summed E-state index contributed by atoms with van der Waals surface area (Å²) in [5.41, 5.74) is -0.0129. The van der Waals surface area contributed by atoms with E-state index in [1.165, 1.54) is 7.11 Å². The van der Waals surface area contributed by atoms with E-state index in [0.29, 0.717) is 0 Å². The first-order chi connectivity index (χ1) is 7.04. The zero-order chi connectivity index (χ0) is 11.4. The summed E-state index contributed by atoms with van der Waals surface area (Å²) in [7, 11) is 1.20. The van der Waals surface area contributed by atoms with Crippen LogP contribution in [0.3, 0.4) is 0 Å². The van der Waals surface area contributed by atoms with Crippen LogP contribution in [0.2, 0.25) is 0 Å². The van der Waals surface area contributed by atoms with Gasteiger partial charge in [0.25, 0.3) is 0 Å². The molecule has 2 nitrogen and oxygen atoms in total. The van der Waals surface area contributed by atoms with E-state index in [9.17, 15) is 13.6 Å². The van der Waals surface area contributed by atoms with Crippen molar-refractivity contribution < 1.29 is 18.3 Å². The molecule has 0 aromatic heterocycles. The standard InChI is InChI=1S/C10H7BrF2O2/c1-15-10(14)3-2-6-4-9(13)7(11)5-8(6)12/h2-5H,1H3. The number of hydrogen-bond acceptors (Lipinski definition) is 2. The first kappa shape index (κ1) is 11.8. The molecule has 1 aromatic rings. The molecule has 0 aliphatic heterocycles. The highest BCUT2D eigenvalue weighted by molar-refractivity contribution is 9.10. The number of carbonyl (C=O) groups excluding carboxylic acids is 1. The molecule has 0 aliphatic carbocycles. The van der Waals surface area contributed by atoms with Crippen LogP contribution in [0, 0.1) is 11.6 Å². The molecule has 0 bridgehead atoms. The molecule has 0 heterocycles. The third-order valence-corrected chi connectivity index (χ3v) is 2.25. The van der Waals surface area contributed by atoms with Gasteiger partial charge in [-0.05, 0) is 34.1 Å². The normalized spacial score (nSPS) is 10.7. The van der Waals surface area contributed by atoms with Crippen molar-refractivity contribution in [3.63, 3.8) is 0 Å². The van der Waals surface area contributed by atoms with Crippen molar-refractivity contribution in [2.45, 2.75) is 0 Å². The molecule has 0 radical (unpaired) electrons. The Morgan fingerprint density at radius 1 is 1.40 bits per heavy atom. The van der Waals surface area contributed by atoms with E-state index in [0.717, 1.165) is 24.3 Å². The van der Waals surface area contributed by atoms with Gasteiger partial charge in [0.1, 0.15) is 11.6 Å². The third-order valence-electron chi connectivity index (χ3n) is 1.64. The zero-order valence-electron chi connectivity index (χ0n) is 7.76. The van der Waals surface area contributed by atoms with Crippen molar-refractivity contribution in [2.24, 2.45) is 0 Å². The molecule has 0 atom stereocenters. The molecule has 0 fully saturated rings. The number of esters is 1. The molecule has 0 unspecified atom stereocenters. The summed E-state index contributed by atoms with van der Waals surface area (Å²) in [6.45, 7) is 0. The number of methoxy groups -OCH3 is 1. The minimum atomic E-state index is -0.627. The maximum Gasteiger partial charge on any atom is 0.330 e. The van der Waals surface area contributed by atoms with E-state index < -0.39 is 17.6 Å². The van der Waals surface area contributed by atoms with Gasteiger partial charge in [0.15, 0.2) is 0 Å². The first-order valence-corrected chi connectivity index (χ1v) is 4.74. The second-order valence-electron chi connectivity index (χ2n) is 2.64. The Balaban J connectivity index is 3.00. The largest absolute Gasteiger partial charge is 0.466 e. The Bertz CT molecular complexity index is 416. The monoisotopic (exact) mass is 276 g/mol. The van der Waals surface area contributed by atoms with E-state index in [-0.39, 0.29) is 10.0 Å². The Morgan fingerprint density at radius 3 is 2.67 bits per heavy atom. The second kappa shape index (κ2) is 5.02. The number of halogens is 3. The zero-order valence-corrected chi connectivity index (χ0v) is 9.35. The number of benzene rings is 1. The molecule has 0 N–H and O–H groups in total. The van der Waals surface area contributed by atoms with E-state index in [1.54, 1.807) is 0 Å². The predicted molar refractivity (Wildman–Crippen MR) is 55.1 cm³/mol. The van der Waals surface area contributed by atoms with Crippen molar-refractivity contribution >= 4 is 28.0 Å². The first-order valence-electron chi connectivity index (χ1n) is 3.95. The summed E-state index contributed by atoms with van der Waals surface area (Å²) in [6, 6.07) is 1.98. The van der Waals surface area contributed by atoms with Crippen LogP contribution in [0.15, 0.2) is 22.7 Å². The average molecular weight is 277 g/mol. The number of hydrogen-bond donors (Lipinski definition) is 0. The SMILES string of the molecule is COC(=O)C=Cc1cc(F)c(Br)cc1F. The van der Waals surface area contributed by atoms with Crippen molar-refractivity contribution in [1.82, 2.24) is 0 Å². The van der Waals surface area contributed by atoms with Gasteiger partial charge in [-0.3, -0.25) is 0 Å². The molecule has 15 heavy (non-hydrogen) atoms. The van der Waals surface area contributed by atoms with Crippen LogP contribution in [0.4, 0.5) is 8.78 Å². The highest BCUT2D eigenvalue weighted by Gasteiger charge is 2.06. The van der Waals surface area contributed by atoms with Crippen LogP contribution in [0.1, 0.15) is 5.56 Å². The lowest BCUT2D eigenvalue weighted by atomic mass is 10.2. The molecule has 1 aromatic carbocycles. The summed E-state index contributed by atoms with van der Waals surface area (Å²) >= 11 is 2.84. The molecular formula is C10H7BrF2O2. The van der Waals surface area contributed by atoms with Crippen molar-refractivity contribution in [3.8, 4) is 0 Å². The van der Waals surface area contributed by atoms with Gasteiger partial charge in [0.2, 0.25) is 0 Å². The molecule has 0 spiro atoms. The van der Waals surface area contributed by atoms with Gasteiger partial charge in [-0.15, -0.1) is 0 Å². The Hall–Kier alpha value is -1.23. The maximum absolute atomic E-state index is 13.2. The molecular weight excluding hydrogens is 270 g/mol. The summed E-state index contributed by atoms with van der Waals surface area (Å²) in [4.78, 5) is 10.7. The average Bonchev–Trinajstić information content (AvgIpc) is 2.21. The van der Waals surface area contributed by atoms with Gasteiger partial charge >= 0.3 is 5.97 Å². The lowest BCUT2D eigenvalue weighted by Crippen LogP contribution is -1.94. The lowest BCUT2D eigenvalue weighted by Gasteiger charge is -1.99. The van der Waals surface area contributed by atoms with Crippen LogP contribution < -0.4 is 0 Å². The van der Waals surface area contributed by atoms with Gasteiger partial charge in [-0.25, -0.2) is 13.6 Å². The van der Waals surface area contributed by atoms with Crippen LogP contribution in [-0.2, 0) is 9.53 Å². The minimum Gasteiger partial charge on any atom is -0.466 e.